The van der Waals surface area contributed by atoms with Gasteiger partial charge in [0.15, 0.2) is 0 Å². The number of nitrogens with one attached hydrogen (secondary N) is 1. The van der Waals surface area contributed by atoms with Crippen molar-refractivity contribution in [2.75, 3.05) is 32.0 Å². The zero-order valence-electron chi connectivity index (χ0n) is 15.2. The largest absolute Gasteiger partial charge is 0.418 e. The van der Waals surface area contributed by atoms with Gasteiger partial charge in [0.05, 0.1) is 17.8 Å². The smallest absolute Gasteiger partial charge is 0.343 e. The van der Waals surface area contributed by atoms with Gasteiger partial charge in [-0.1, -0.05) is 12.1 Å². The van der Waals surface area contributed by atoms with Gasteiger partial charge >= 0.3 is 6.18 Å². The highest BCUT2D eigenvalue weighted by Gasteiger charge is 2.34. The summed E-state index contributed by atoms with van der Waals surface area (Å²) in [6.07, 6.45) is -3.58. The second kappa shape index (κ2) is 8.41. The Morgan fingerprint density at radius 2 is 1.78 bits per heavy atom. The molecule has 0 aromatic heterocycles. The number of nitrogens with zero attached hydrogens (tertiary/aromatic N) is 2. The highest BCUT2D eigenvalue weighted by atomic mass is 19.4. The number of amides is 3. The topological polar surface area (TPSA) is 69.7 Å². The van der Waals surface area contributed by atoms with Gasteiger partial charge in [-0.2, -0.15) is 13.2 Å². The van der Waals surface area contributed by atoms with Gasteiger partial charge in [0, 0.05) is 33.0 Å². The molecule has 0 saturated carbocycles. The molecule has 0 bridgehead atoms. The molecule has 0 aliphatic carbocycles. The number of hydrogen-bond donors (Lipinski definition) is 1. The summed E-state index contributed by atoms with van der Waals surface area (Å²) >= 11 is 0. The summed E-state index contributed by atoms with van der Waals surface area (Å²) < 4.78 is 38.9. The molecule has 1 fully saturated rings. The second-order valence-electron chi connectivity index (χ2n) is 6.57. The van der Waals surface area contributed by atoms with Crippen LogP contribution in [0.2, 0.25) is 0 Å². The van der Waals surface area contributed by atoms with Gasteiger partial charge in [0.25, 0.3) is 0 Å². The molecular formula is C18H22F3N3O3. The SMILES string of the molecule is CC(=O)N1CCC(C(=O)N(C)CC(=O)Nc2ccccc2C(F)(F)F)CC1. The van der Waals surface area contributed by atoms with E-state index in [-0.39, 0.29) is 30.0 Å². The minimum absolute atomic E-state index is 0.0445. The van der Waals surface area contributed by atoms with E-state index >= 15 is 0 Å². The van der Waals surface area contributed by atoms with Crippen molar-refractivity contribution in [3.63, 3.8) is 0 Å². The van der Waals surface area contributed by atoms with Crippen molar-refractivity contribution in [2.24, 2.45) is 5.92 Å². The van der Waals surface area contributed by atoms with Crippen molar-refractivity contribution in [1.29, 1.82) is 0 Å². The molecule has 1 aliphatic rings. The lowest BCUT2D eigenvalue weighted by molar-refractivity contribution is -0.140. The van der Waals surface area contributed by atoms with E-state index < -0.39 is 17.6 Å². The first-order valence-corrected chi connectivity index (χ1v) is 8.56. The number of hydrogen-bond acceptors (Lipinski definition) is 3. The zero-order chi connectivity index (χ0) is 20.2. The number of rotatable bonds is 4. The first-order valence-electron chi connectivity index (χ1n) is 8.56. The molecule has 0 unspecified atom stereocenters. The minimum Gasteiger partial charge on any atom is -0.343 e. The first kappa shape index (κ1) is 20.7. The summed E-state index contributed by atoms with van der Waals surface area (Å²) in [5.41, 5.74) is -1.28. The zero-order valence-corrected chi connectivity index (χ0v) is 15.2. The number of carbonyl (C=O) groups is 3. The molecule has 9 heteroatoms. The lowest BCUT2D eigenvalue weighted by Crippen LogP contribution is -2.44. The van der Waals surface area contributed by atoms with Crippen LogP contribution in [-0.2, 0) is 20.6 Å². The fourth-order valence-corrected chi connectivity index (χ4v) is 3.08. The van der Waals surface area contributed by atoms with Gasteiger partial charge in [-0.25, -0.2) is 0 Å². The van der Waals surface area contributed by atoms with Crippen LogP contribution < -0.4 is 5.32 Å². The van der Waals surface area contributed by atoms with Gasteiger partial charge in [0.1, 0.15) is 0 Å². The maximum absolute atomic E-state index is 13.0. The second-order valence-corrected chi connectivity index (χ2v) is 6.57. The van der Waals surface area contributed by atoms with Crippen LogP contribution in [0.1, 0.15) is 25.3 Å². The molecular weight excluding hydrogens is 363 g/mol. The third kappa shape index (κ3) is 5.45. The monoisotopic (exact) mass is 385 g/mol. The average molecular weight is 385 g/mol. The lowest BCUT2D eigenvalue weighted by atomic mass is 9.95. The van der Waals surface area contributed by atoms with Crippen LogP contribution >= 0.6 is 0 Å². The lowest BCUT2D eigenvalue weighted by Gasteiger charge is -2.32. The Balaban J connectivity index is 1.93. The van der Waals surface area contributed by atoms with Crippen LogP contribution in [0.3, 0.4) is 0 Å². The highest BCUT2D eigenvalue weighted by molar-refractivity contribution is 5.95. The average Bonchev–Trinajstić information content (AvgIpc) is 2.60. The number of para-hydroxylation sites is 1. The number of likely N-dealkylation sites (N-methyl/N-ethyl adjacent to an activating group) is 1. The molecule has 1 aliphatic heterocycles. The maximum Gasteiger partial charge on any atom is 0.418 e. The van der Waals surface area contributed by atoms with Crippen LogP contribution in [0.15, 0.2) is 24.3 Å². The summed E-state index contributed by atoms with van der Waals surface area (Å²) in [5, 5.41) is 2.22. The summed E-state index contributed by atoms with van der Waals surface area (Å²) in [6, 6.07) is 4.68. The molecule has 1 aromatic carbocycles. The molecule has 0 radical (unpaired) electrons. The van der Waals surface area contributed by atoms with E-state index in [0.29, 0.717) is 25.9 Å². The Hall–Kier alpha value is -2.58. The van der Waals surface area contributed by atoms with Gasteiger partial charge in [-0.15, -0.1) is 0 Å². The van der Waals surface area contributed by atoms with Crippen molar-refractivity contribution in [2.45, 2.75) is 25.9 Å². The third-order valence-electron chi connectivity index (χ3n) is 4.55. The van der Waals surface area contributed by atoms with Crippen LogP contribution in [0, 0.1) is 5.92 Å². The molecule has 148 valence electrons. The molecule has 1 heterocycles. The molecule has 6 nitrogen and oxygen atoms in total. The normalized spacial score (nSPS) is 15.4. The van der Waals surface area contributed by atoms with Crippen molar-refractivity contribution in [3.8, 4) is 0 Å². The number of piperidine rings is 1. The maximum atomic E-state index is 13.0. The van der Waals surface area contributed by atoms with Gasteiger partial charge < -0.3 is 15.1 Å². The molecule has 0 spiro atoms. The molecule has 1 aromatic rings. The van der Waals surface area contributed by atoms with Crippen LogP contribution in [0.4, 0.5) is 18.9 Å². The quantitative estimate of drug-likeness (QED) is 0.865. The van der Waals surface area contributed by atoms with Crippen LogP contribution in [0.5, 0.6) is 0 Å². The predicted molar refractivity (Wildman–Crippen MR) is 92.7 cm³/mol. The van der Waals surface area contributed by atoms with Crippen molar-refractivity contribution >= 4 is 23.4 Å². The van der Waals surface area contributed by atoms with Crippen molar-refractivity contribution < 1.29 is 27.6 Å². The fraction of sp³-hybridized carbons (Fsp3) is 0.500. The standard InChI is InChI=1S/C18H22F3N3O3/c1-12(25)24-9-7-13(8-10-24)17(27)23(2)11-16(26)22-15-6-4-3-5-14(15)18(19,20)21/h3-6,13H,7-11H2,1-2H3,(H,22,26). The molecule has 0 atom stereocenters. The Morgan fingerprint density at radius 3 is 2.33 bits per heavy atom. The van der Waals surface area contributed by atoms with E-state index in [0.717, 1.165) is 6.07 Å². The Morgan fingerprint density at radius 1 is 1.19 bits per heavy atom. The Bertz CT molecular complexity index is 713. The number of alkyl halides is 3. The number of anilines is 1. The fourth-order valence-electron chi connectivity index (χ4n) is 3.08. The van der Waals surface area contributed by atoms with Crippen LogP contribution in [-0.4, -0.2) is 54.2 Å². The van der Waals surface area contributed by atoms with Crippen LogP contribution in [0.25, 0.3) is 0 Å². The first-order chi connectivity index (χ1) is 12.6. The minimum atomic E-state index is -4.59. The molecule has 2 rings (SSSR count). The summed E-state index contributed by atoms with van der Waals surface area (Å²) in [7, 11) is 1.44. The van der Waals surface area contributed by atoms with Gasteiger partial charge in [-0.3, -0.25) is 14.4 Å². The van der Waals surface area contributed by atoms with E-state index in [1.165, 1.54) is 37.1 Å². The number of carbonyl (C=O) groups excluding carboxylic acids is 3. The van der Waals surface area contributed by atoms with E-state index in [1.807, 2.05) is 0 Å². The van der Waals surface area contributed by atoms with Crippen molar-refractivity contribution in [3.05, 3.63) is 29.8 Å². The van der Waals surface area contributed by atoms with Gasteiger partial charge in [-0.05, 0) is 25.0 Å². The predicted octanol–water partition coefficient (Wildman–Crippen LogP) is 2.36. The molecule has 3 amide bonds. The summed E-state index contributed by atoms with van der Waals surface area (Å²) in [4.78, 5) is 38.7. The molecule has 1 saturated heterocycles. The van der Waals surface area contributed by atoms with E-state index in [2.05, 4.69) is 5.32 Å². The summed E-state index contributed by atoms with van der Waals surface area (Å²) in [6.45, 7) is 2.07. The van der Waals surface area contributed by atoms with Gasteiger partial charge in [0.2, 0.25) is 17.7 Å². The molecule has 1 N–H and O–H groups in total. The highest BCUT2D eigenvalue weighted by Crippen LogP contribution is 2.34. The molecule has 27 heavy (non-hydrogen) atoms. The number of halogens is 3. The Kier molecular flexibility index (Phi) is 6.45. The number of benzene rings is 1. The summed E-state index contributed by atoms with van der Waals surface area (Å²) in [5.74, 6) is -1.31. The number of likely N-dealkylation sites (tertiary alicyclic amines) is 1. The third-order valence-corrected chi connectivity index (χ3v) is 4.55. The van der Waals surface area contributed by atoms with E-state index in [4.69, 9.17) is 0 Å². The van der Waals surface area contributed by atoms with Crippen molar-refractivity contribution in [1.82, 2.24) is 9.80 Å². The Labute approximate surface area is 155 Å². The van der Waals surface area contributed by atoms with E-state index in [9.17, 15) is 27.6 Å². The van der Waals surface area contributed by atoms with E-state index in [1.54, 1.807) is 4.90 Å².